The van der Waals surface area contributed by atoms with E-state index in [0.717, 1.165) is 22.6 Å². The predicted octanol–water partition coefficient (Wildman–Crippen LogP) is 2.07. The van der Waals surface area contributed by atoms with Gasteiger partial charge in [0, 0.05) is 12.5 Å². The van der Waals surface area contributed by atoms with Gasteiger partial charge in [-0.1, -0.05) is 30.3 Å². The van der Waals surface area contributed by atoms with E-state index in [-0.39, 0.29) is 5.69 Å². The van der Waals surface area contributed by atoms with E-state index in [2.05, 4.69) is 10.6 Å². The SMILES string of the molecule is O=C(CN1C(=O)NC(Cc2ccccc2)C1=O)Nc1ccc(F)cc1F. The summed E-state index contributed by atoms with van der Waals surface area (Å²) in [6, 6.07) is 10.3. The average molecular weight is 359 g/mol. The summed E-state index contributed by atoms with van der Waals surface area (Å²) >= 11 is 0. The molecule has 2 aromatic rings. The molecule has 26 heavy (non-hydrogen) atoms. The zero-order chi connectivity index (χ0) is 18.7. The quantitative estimate of drug-likeness (QED) is 0.802. The number of rotatable bonds is 5. The molecule has 2 N–H and O–H groups in total. The van der Waals surface area contributed by atoms with Crippen molar-refractivity contribution < 1.29 is 23.2 Å². The number of anilines is 1. The molecule has 8 heteroatoms. The van der Waals surface area contributed by atoms with Crippen molar-refractivity contribution in [1.82, 2.24) is 10.2 Å². The molecule has 6 nitrogen and oxygen atoms in total. The van der Waals surface area contributed by atoms with E-state index >= 15 is 0 Å². The van der Waals surface area contributed by atoms with E-state index in [1.807, 2.05) is 30.3 Å². The molecular weight excluding hydrogens is 344 g/mol. The number of nitrogens with one attached hydrogen (secondary N) is 2. The summed E-state index contributed by atoms with van der Waals surface area (Å²) < 4.78 is 26.4. The van der Waals surface area contributed by atoms with Gasteiger partial charge in [-0.3, -0.25) is 14.5 Å². The van der Waals surface area contributed by atoms with Crippen LogP contribution in [0.15, 0.2) is 48.5 Å². The lowest BCUT2D eigenvalue weighted by Crippen LogP contribution is -2.38. The predicted molar refractivity (Wildman–Crippen MR) is 89.2 cm³/mol. The number of hydrogen-bond acceptors (Lipinski definition) is 3. The summed E-state index contributed by atoms with van der Waals surface area (Å²) in [6.45, 7) is -0.563. The van der Waals surface area contributed by atoms with Gasteiger partial charge in [0.25, 0.3) is 5.91 Å². The van der Waals surface area contributed by atoms with Gasteiger partial charge in [0.2, 0.25) is 5.91 Å². The lowest BCUT2D eigenvalue weighted by molar-refractivity contribution is -0.130. The highest BCUT2D eigenvalue weighted by Crippen LogP contribution is 2.16. The van der Waals surface area contributed by atoms with Crippen molar-refractivity contribution in [1.29, 1.82) is 0 Å². The highest BCUT2D eigenvalue weighted by Gasteiger charge is 2.38. The number of nitrogens with zero attached hydrogens (tertiary/aromatic N) is 1. The Hall–Kier alpha value is -3.29. The Kier molecular flexibility index (Phi) is 4.92. The minimum absolute atomic E-state index is 0.232. The Balaban J connectivity index is 1.63. The van der Waals surface area contributed by atoms with E-state index in [0.29, 0.717) is 12.5 Å². The molecule has 1 atom stereocenters. The molecule has 1 saturated heterocycles. The second kappa shape index (κ2) is 7.30. The third-order valence-corrected chi connectivity index (χ3v) is 3.90. The van der Waals surface area contributed by atoms with Crippen molar-refractivity contribution in [3.8, 4) is 0 Å². The molecule has 1 aliphatic rings. The number of carbonyl (C=O) groups is 3. The van der Waals surface area contributed by atoms with Gasteiger partial charge in [0.05, 0.1) is 5.69 Å². The number of imide groups is 1. The first-order valence-corrected chi connectivity index (χ1v) is 7.85. The van der Waals surface area contributed by atoms with Gasteiger partial charge in [-0.25, -0.2) is 13.6 Å². The molecular formula is C18H15F2N3O3. The second-order valence-electron chi connectivity index (χ2n) is 5.79. The summed E-state index contributed by atoms with van der Waals surface area (Å²) in [7, 11) is 0. The highest BCUT2D eigenvalue weighted by molar-refractivity contribution is 6.08. The van der Waals surface area contributed by atoms with Crippen LogP contribution in [0.5, 0.6) is 0 Å². The third-order valence-electron chi connectivity index (χ3n) is 3.90. The zero-order valence-corrected chi connectivity index (χ0v) is 13.5. The van der Waals surface area contributed by atoms with Gasteiger partial charge in [-0.05, 0) is 17.7 Å². The van der Waals surface area contributed by atoms with E-state index in [1.54, 1.807) is 0 Å². The Morgan fingerprint density at radius 3 is 2.54 bits per heavy atom. The molecule has 0 aromatic heterocycles. The fourth-order valence-electron chi connectivity index (χ4n) is 2.64. The van der Waals surface area contributed by atoms with Crippen LogP contribution in [-0.4, -0.2) is 35.3 Å². The van der Waals surface area contributed by atoms with Crippen molar-refractivity contribution in [3.63, 3.8) is 0 Å². The Morgan fingerprint density at radius 2 is 1.85 bits per heavy atom. The second-order valence-corrected chi connectivity index (χ2v) is 5.79. The average Bonchev–Trinajstić information content (AvgIpc) is 2.86. The highest BCUT2D eigenvalue weighted by atomic mass is 19.1. The number of carbonyl (C=O) groups excluding carboxylic acids is 3. The molecule has 134 valence electrons. The van der Waals surface area contributed by atoms with E-state index in [9.17, 15) is 23.2 Å². The standard InChI is InChI=1S/C18H15F2N3O3/c19-12-6-7-14(13(20)9-12)21-16(24)10-23-17(25)15(22-18(23)26)8-11-4-2-1-3-5-11/h1-7,9,15H,8,10H2,(H,21,24)(H,22,26). The van der Waals surface area contributed by atoms with Crippen LogP contribution in [0.3, 0.4) is 0 Å². The van der Waals surface area contributed by atoms with E-state index < -0.39 is 42.1 Å². The van der Waals surface area contributed by atoms with Crippen LogP contribution in [0.2, 0.25) is 0 Å². The topological polar surface area (TPSA) is 78.5 Å². The fourth-order valence-corrected chi connectivity index (χ4v) is 2.64. The van der Waals surface area contributed by atoms with Crippen LogP contribution in [0, 0.1) is 11.6 Å². The van der Waals surface area contributed by atoms with Crippen molar-refractivity contribution in [2.45, 2.75) is 12.5 Å². The fraction of sp³-hybridized carbons (Fsp3) is 0.167. The summed E-state index contributed by atoms with van der Waals surface area (Å²) in [4.78, 5) is 37.1. The van der Waals surface area contributed by atoms with E-state index in [4.69, 9.17) is 0 Å². The first-order valence-electron chi connectivity index (χ1n) is 7.85. The van der Waals surface area contributed by atoms with Crippen LogP contribution >= 0.6 is 0 Å². The van der Waals surface area contributed by atoms with Gasteiger partial charge in [0.15, 0.2) is 0 Å². The van der Waals surface area contributed by atoms with Crippen molar-refractivity contribution in [2.75, 3.05) is 11.9 Å². The third kappa shape index (κ3) is 3.85. The van der Waals surface area contributed by atoms with Crippen LogP contribution in [0.25, 0.3) is 0 Å². The maximum Gasteiger partial charge on any atom is 0.325 e. The van der Waals surface area contributed by atoms with Crippen molar-refractivity contribution >= 4 is 23.5 Å². The number of benzene rings is 2. The van der Waals surface area contributed by atoms with Gasteiger partial charge in [-0.2, -0.15) is 0 Å². The summed E-state index contributed by atoms with van der Waals surface area (Å²) in [5.41, 5.74) is 0.634. The Morgan fingerprint density at radius 1 is 1.12 bits per heavy atom. The molecule has 3 rings (SSSR count). The molecule has 0 saturated carbocycles. The van der Waals surface area contributed by atoms with Gasteiger partial charge >= 0.3 is 6.03 Å². The van der Waals surface area contributed by atoms with Crippen LogP contribution < -0.4 is 10.6 Å². The number of urea groups is 1. The molecule has 4 amide bonds. The van der Waals surface area contributed by atoms with Crippen LogP contribution in [-0.2, 0) is 16.0 Å². The van der Waals surface area contributed by atoms with Crippen molar-refractivity contribution in [3.05, 3.63) is 65.7 Å². The van der Waals surface area contributed by atoms with E-state index in [1.165, 1.54) is 0 Å². The molecule has 0 radical (unpaired) electrons. The maximum atomic E-state index is 13.6. The Bertz CT molecular complexity index is 858. The molecule has 2 aromatic carbocycles. The van der Waals surface area contributed by atoms with Gasteiger partial charge in [0.1, 0.15) is 24.2 Å². The minimum Gasteiger partial charge on any atom is -0.325 e. The molecule has 1 unspecified atom stereocenters. The first kappa shape index (κ1) is 17.5. The number of amides is 4. The molecule has 0 spiro atoms. The van der Waals surface area contributed by atoms with Gasteiger partial charge in [-0.15, -0.1) is 0 Å². The monoisotopic (exact) mass is 359 g/mol. The van der Waals surface area contributed by atoms with Gasteiger partial charge < -0.3 is 10.6 Å². The molecule has 0 bridgehead atoms. The first-order chi connectivity index (χ1) is 12.4. The summed E-state index contributed by atoms with van der Waals surface area (Å²) in [5, 5.41) is 4.74. The lowest BCUT2D eigenvalue weighted by atomic mass is 10.1. The lowest BCUT2D eigenvalue weighted by Gasteiger charge is -2.13. The summed E-state index contributed by atoms with van der Waals surface area (Å²) in [5.74, 6) is -3.02. The smallest absolute Gasteiger partial charge is 0.325 e. The normalized spacial score (nSPS) is 16.5. The molecule has 1 heterocycles. The molecule has 1 fully saturated rings. The van der Waals surface area contributed by atoms with Crippen LogP contribution in [0.1, 0.15) is 5.56 Å². The minimum atomic E-state index is -0.947. The van der Waals surface area contributed by atoms with Crippen molar-refractivity contribution in [2.24, 2.45) is 0 Å². The molecule has 0 aliphatic carbocycles. The maximum absolute atomic E-state index is 13.6. The summed E-state index contributed by atoms with van der Waals surface area (Å²) in [6.07, 6.45) is 0.302. The van der Waals surface area contributed by atoms with Crippen LogP contribution in [0.4, 0.5) is 19.3 Å². The number of halogens is 2. The Labute approximate surface area is 147 Å². The number of hydrogen-bond donors (Lipinski definition) is 2. The zero-order valence-electron chi connectivity index (χ0n) is 13.5. The largest absolute Gasteiger partial charge is 0.325 e. The molecule has 1 aliphatic heterocycles.